The zero-order chi connectivity index (χ0) is 14.0. The molecule has 0 radical (unpaired) electrons. The van der Waals surface area contributed by atoms with E-state index in [1.165, 1.54) is 11.3 Å². The average Bonchev–Trinajstić information content (AvgIpc) is 2.64. The molecule has 104 valence electrons. The molecule has 0 aliphatic rings. The molecule has 1 heterocycles. The van der Waals surface area contributed by atoms with E-state index in [0.717, 1.165) is 5.69 Å². The highest BCUT2D eigenvalue weighted by Gasteiger charge is 2.37. The fourth-order valence-electron chi connectivity index (χ4n) is 1.17. The van der Waals surface area contributed by atoms with Crippen LogP contribution >= 0.6 is 11.3 Å². The number of aromatic nitrogens is 1. The number of alkyl halides is 3. The second-order valence-electron chi connectivity index (χ2n) is 5.06. The first-order valence-electron chi connectivity index (χ1n) is 5.51. The Hall–Kier alpha value is -0.660. The van der Waals surface area contributed by atoms with Crippen LogP contribution in [0.3, 0.4) is 0 Å². The molecule has 0 saturated heterocycles. The Labute approximate surface area is 108 Å². The fraction of sp³-hybridized carbons (Fsp3) is 0.727. The van der Waals surface area contributed by atoms with Gasteiger partial charge in [0.2, 0.25) is 0 Å². The van der Waals surface area contributed by atoms with Crippen LogP contribution in [0.1, 0.15) is 31.5 Å². The second-order valence-corrected chi connectivity index (χ2v) is 6.01. The van der Waals surface area contributed by atoms with Crippen LogP contribution < -0.4 is 5.32 Å². The predicted molar refractivity (Wildman–Crippen MR) is 64.6 cm³/mol. The lowest BCUT2D eigenvalue weighted by molar-refractivity contribution is -0.201. The van der Waals surface area contributed by atoms with Crippen molar-refractivity contribution in [2.75, 3.05) is 6.54 Å². The van der Waals surface area contributed by atoms with Gasteiger partial charge in [-0.15, -0.1) is 11.3 Å². The molecule has 1 aromatic rings. The molecule has 0 amide bonds. The largest absolute Gasteiger partial charge is 0.415 e. The summed E-state index contributed by atoms with van der Waals surface area (Å²) in [5, 5.41) is 14.0. The molecule has 0 spiro atoms. The van der Waals surface area contributed by atoms with Gasteiger partial charge in [-0.1, -0.05) is 20.8 Å². The summed E-state index contributed by atoms with van der Waals surface area (Å²) >= 11 is 1.40. The highest BCUT2D eigenvalue weighted by molar-refractivity contribution is 7.09. The Morgan fingerprint density at radius 1 is 1.39 bits per heavy atom. The van der Waals surface area contributed by atoms with E-state index in [2.05, 4.69) is 10.3 Å². The minimum Gasteiger partial charge on any atom is -0.382 e. The lowest BCUT2D eigenvalue weighted by Gasteiger charge is -2.15. The molecule has 2 N–H and O–H groups in total. The van der Waals surface area contributed by atoms with Crippen LogP contribution in [0.15, 0.2) is 5.38 Å². The van der Waals surface area contributed by atoms with Crippen LogP contribution in [0.5, 0.6) is 0 Å². The van der Waals surface area contributed by atoms with Gasteiger partial charge in [0, 0.05) is 23.9 Å². The summed E-state index contributed by atoms with van der Waals surface area (Å²) in [5.74, 6) is 0. The second kappa shape index (κ2) is 5.54. The highest BCUT2D eigenvalue weighted by atomic mass is 32.1. The van der Waals surface area contributed by atoms with Gasteiger partial charge in [0.15, 0.2) is 6.10 Å². The molecule has 0 saturated carbocycles. The van der Waals surface area contributed by atoms with Crippen LogP contribution in [0.2, 0.25) is 0 Å². The van der Waals surface area contributed by atoms with Gasteiger partial charge in [-0.3, -0.25) is 0 Å². The van der Waals surface area contributed by atoms with Gasteiger partial charge in [-0.25, -0.2) is 4.98 Å². The fourth-order valence-corrected chi connectivity index (χ4v) is 2.16. The van der Waals surface area contributed by atoms with Gasteiger partial charge < -0.3 is 10.4 Å². The van der Waals surface area contributed by atoms with E-state index in [4.69, 9.17) is 5.11 Å². The smallest absolute Gasteiger partial charge is 0.382 e. The van der Waals surface area contributed by atoms with Gasteiger partial charge in [0.1, 0.15) is 5.01 Å². The van der Waals surface area contributed by atoms with Crippen LogP contribution in [0.25, 0.3) is 0 Å². The number of halogens is 3. The summed E-state index contributed by atoms with van der Waals surface area (Å²) in [6.07, 6.45) is -6.91. The van der Waals surface area contributed by atoms with Crippen molar-refractivity contribution in [2.45, 2.75) is 45.0 Å². The zero-order valence-corrected chi connectivity index (χ0v) is 11.3. The zero-order valence-electron chi connectivity index (χ0n) is 10.5. The lowest BCUT2D eigenvalue weighted by atomic mass is 9.93. The number of hydrogen-bond donors (Lipinski definition) is 2. The molecule has 0 bridgehead atoms. The Kier molecular flexibility index (Phi) is 4.74. The van der Waals surface area contributed by atoms with E-state index >= 15 is 0 Å². The molecule has 0 aromatic carbocycles. The molecule has 1 rings (SSSR count). The summed E-state index contributed by atoms with van der Waals surface area (Å²) in [7, 11) is 0. The van der Waals surface area contributed by atoms with Crippen LogP contribution in [0, 0.1) is 0 Å². The molecule has 18 heavy (non-hydrogen) atoms. The summed E-state index contributed by atoms with van der Waals surface area (Å²) in [4.78, 5) is 4.33. The van der Waals surface area contributed by atoms with Gasteiger partial charge in [-0.05, 0) is 0 Å². The number of aliphatic hydroxyl groups excluding tert-OH is 1. The summed E-state index contributed by atoms with van der Waals surface area (Å²) in [5.41, 5.74) is 0.848. The Morgan fingerprint density at radius 2 is 2.00 bits per heavy atom. The quantitative estimate of drug-likeness (QED) is 0.891. The molecule has 0 aliphatic carbocycles. The first-order valence-corrected chi connectivity index (χ1v) is 6.39. The van der Waals surface area contributed by atoms with Gasteiger partial charge in [0.25, 0.3) is 0 Å². The summed E-state index contributed by atoms with van der Waals surface area (Å²) < 4.78 is 36.1. The average molecular weight is 282 g/mol. The normalized spacial score (nSPS) is 14.8. The van der Waals surface area contributed by atoms with Crippen molar-refractivity contribution in [3.8, 4) is 0 Å². The maximum atomic E-state index is 12.0. The molecule has 0 aliphatic heterocycles. The van der Waals surface area contributed by atoms with Crippen LogP contribution in [-0.2, 0) is 12.0 Å². The molecule has 1 unspecified atom stereocenters. The topological polar surface area (TPSA) is 45.1 Å². The summed E-state index contributed by atoms with van der Waals surface area (Å²) in [6, 6.07) is 0. The van der Waals surface area contributed by atoms with Crippen molar-refractivity contribution < 1.29 is 18.3 Å². The van der Waals surface area contributed by atoms with Crippen molar-refractivity contribution in [3.05, 3.63) is 16.1 Å². The third-order valence-electron chi connectivity index (χ3n) is 2.31. The Morgan fingerprint density at radius 3 is 2.44 bits per heavy atom. The third-order valence-corrected chi connectivity index (χ3v) is 3.16. The number of aliphatic hydroxyl groups is 1. The maximum Gasteiger partial charge on any atom is 0.415 e. The van der Waals surface area contributed by atoms with Crippen molar-refractivity contribution in [1.82, 2.24) is 10.3 Å². The van der Waals surface area contributed by atoms with E-state index in [0.29, 0.717) is 5.01 Å². The first kappa shape index (κ1) is 15.4. The molecule has 7 heteroatoms. The third kappa shape index (κ3) is 4.55. The van der Waals surface area contributed by atoms with Gasteiger partial charge >= 0.3 is 6.18 Å². The standard InChI is InChI=1S/C11H17F3N2OS/c1-10(2,3)7-6-18-9(16-7)5-15-4-8(17)11(12,13)14/h6,8,15,17H,4-5H2,1-3H3. The minimum absolute atomic E-state index is 0.0692. The van der Waals surface area contributed by atoms with E-state index in [9.17, 15) is 13.2 Å². The number of nitrogens with one attached hydrogen (secondary N) is 1. The highest BCUT2D eigenvalue weighted by Crippen LogP contribution is 2.24. The van der Waals surface area contributed by atoms with Gasteiger partial charge in [0.05, 0.1) is 5.69 Å². The summed E-state index contributed by atoms with van der Waals surface area (Å²) in [6.45, 7) is 5.77. The van der Waals surface area contributed by atoms with E-state index in [1.54, 1.807) is 0 Å². The Bertz CT molecular complexity index is 384. The van der Waals surface area contributed by atoms with E-state index in [-0.39, 0.29) is 12.0 Å². The Balaban J connectivity index is 2.43. The SMILES string of the molecule is CC(C)(C)c1csc(CNCC(O)C(F)(F)F)n1. The lowest BCUT2D eigenvalue weighted by Crippen LogP contribution is -2.38. The number of hydrogen-bond acceptors (Lipinski definition) is 4. The molecule has 1 aromatic heterocycles. The van der Waals surface area contributed by atoms with Crippen LogP contribution in [-0.4, -0.2) is 28.9 Å². The maximum absolute atomic E-state index is 12.0. The van der Waals surface area contributed by atoms with E-state index < -0.39 is 18.8 Å². The number of nitrogens with zero attached hydrogens (tertiary/aromatic N) is 1. The van der Waals surface area contributed by atoms with Gasteiger partial charge in [-0.2, -0.15) is 13.2 Å². The molecule has 1 atom stereocenters. The van der Waals surface area contributed by atoms with Crippen molar-refractivity contribution >= 4 is 11.3 Å². The molecule has 0 fully saturated rings. The number of thiazole rings is 1. The minimum atomic E-state index is -4.58. The van der Waals surface area contributed by atoms with Crippen molar-refractivity contribution in [2.24, 2.45) is 0 Å². The predicted octanol–water partition coefficient (Wildman–Crippen LogP) is 2.45. The first-order chi connectivity index (χ1) is 8.10. The molecule has 3 nitrogen and oxygen atoms in total. The molecular weight excluding hydrogens is 265 g/mol. The van der Waals surface area contributed by atoms with Crippen molar-refractivity contribution in [1.29, 1.82) is 0 Å². The monoisotopic (exact) mass is 282 g/mol. The van der Waals surface area contributed by atoms with Crippen LogP contribution in [0.4, 0.5) is 13.2 Å². The number of rotatable bonds is 4. The van der Waals surface area contributed by atoms with E-state index in [1.807, 2.05) is 26.2 Å². The van der Waals surface area contributed by atoms with Crippen molar-refractivity contribution in [3.63, 3.8) is 0 Å². The molecular formula is C11H17F3N2OS.